The zero-order chi connectivity index (χ0) is 11.5. The van der Waals surface area contributed by atoms with Crippen molar-refractivity contribution in [2.24, 2.45) is 5.92 Å². The summed E-state index contributed by atoms with van der Waals surface area (Å²) in [4.78, 5) is 11.1. The maximum Gasteiger partial charge on any atom is 0.320 e. The lowest BCUT2D eigenvalue weighted by Gasteiger charge is -2.19. The monoisotopic (exact) mass is 239 g/mol. The Morgan fingerprint density at radius 3 is 2.94 bits per heavy atom. The molecule has 88 valence electrons. The molecule has 2 unspecified atom stereocenters. The lowest BCUT2D eigenvalue weighted by atomic mass is 10.1. The fourth-order valence-electron chi connectivity index (χ4n) is 1.97. The second-order valence-electron chi connectivity index (χ2n) is 4.56. The molecule has 4 heteroatoms. The Morgan fingerprint density at radius 1 is 1.69 bits per heavy atom. The first-order chi connectivity index (χ1) is 7.66. The van der Waals surface area contributed by atoms with Crippen LogP contribution in [0.2, 0.25) is 0 Å². The summed E-state index contributed by atoms with van der Waals surface area (Å²) < 4.78 is 0. The van der Waals surface area contributed by atoms with Crippen molar-refractivity contribution in [3.8, 4) is 0 Å². The number of carboxylic acid groups (broad SMARTS) is 1. The van der Waals surface area contributed by atoms with Crippen molar-refractivity contribution in [3.05, 3.63) is 22.4 Å². The Labute approximate surface area is 99.5 Å². The molecule has 3 nitrogen and oxygen atoms in total. The molecule has 2 N–H and O–H groups in total. The first kappa shape index (κ1) is 11.6. The van der Waals surface area contributed by atoms with E-state index in [1.807, 2.05) is 0 Å². The van der Waals surface area contributed by atoms with E-state index in [0.717, 1.165) is 19.3 Å². The molecule has 0 spiro atoms. The van der Waals surface area contributed by atoms with Gasteiger partial charge in [-0.1, -0.05) is 0 Å². The summed E-state index contributed by atoms with van der Waals surface area (Å²) in [5.41, 5.74) is 1.28. The Morgan fingerprint density at radius 2 is 2.44 bits per heavy atom. The largest absolute Gasteiger partial charge is 0.480 e. The van der Waals surface area contributed by atoms with Gasteiger partial charge in [-0.05, 0) is 54.5 Å². The molecule has 1 fully saturated rings. The lowest BCUT2D eigenvalue weighted by Crippen LogP contribution is -2.44. The summed E-state index contributed by atoms with van der Waals surface area (Å²) in [6.45, 7) is 2.05. The Kier molecular flexibility index (Phi) is 3.61. The summed E-state index contributed by atoms with van der Waals surface area (Å²) in [6.07, 6.45) is 3.00. The van der Waals surface area contributed by atoms with E-state index in [1.54, 1.807) is 11.3 Å². The highest BCUT2D eigenvalue weighted by molar-refractivity contribution is 7.07. The number of rotatable bonds is 6. The number of carboxylic acids is 1. The molecule has 0 radical (unpaired) electrons. The second kappa shape index (κ2) is 4.97. The van der Waals surface area contributed by atoms with Gasteiger partial charge >= 0.3 is 5.97 Å². The summed E-state index contributed by atoms with van der Waals surface area (Å²) in [5.74, 6) is -0.359. The number of hydrogen-bond donors (Lipinski definition) is 2. The topological polar surface area (TPSA) is 49.3 Å². The van der Waals surface area contributed by atoms with Crippen LogP contribution in [0.3, 0.4) is 0 Å². The average molecular weight is 239 g/mol. The summed E-state index contributed by atoms with van der Waals surface area (Å²) in [6, 6.07) is 1.96. The van der Waals surface area contributed by atoms with Gasteiger partial charge in [0.25, 0.3) is 0 Å². The summed E-state index contributed by atoms with van der Waals surface area (Å²) >= 11 is 1.68. The van der Waals surface area contributed by atoms with Gasteiger partial charge in [-0.2, -0.15) is 11.3 Å². The van der Waals surface area contributed by atoms with Gasteiger partial charge in [0.2, 0.25) is 0 Å². The van der Waals surface area contributed by atoms with Crippen LogP contribution in [0, 0.1) is 5.92 Å². The van der Waals surface area contributed by atoms with Crippen LogP contribution >= 0.6 is 11.3 Å². The van der Waals surface area contributed by atoms with Gasteiger partial charge in [-0.3, -0.25) is 4.79 Å². The van der Waals surface area contributed by atoms with E-state index in [2.05, 4.69) is 29.1 Å². The number of aliphatic carboxylic acids is 1. The van der Waals surface area contributed by atoms with Crippen molar-refractivity contribution < 1.29 is 9.90 Å². The van der Waals surface area contributed by atoms with Crippen LogP contribution in [0.15, 0.2) is 16.8 Å². The predicted molar refractivity (Wildman–Crippen MR) is 64.8 cm³/mol. The predicted octanol–water partition coefficient (Wildman–Crippen LogP) is 2.13. The van der Waals surface area contributed by atoms with E-state index in [0.29, 0.717) is 5.92 Å². The molecule has 1 aromatic heterocycles. The molecular formula is C12H17NO2S. The number of nitrogens with one attached hydrogen (secondary N) is 1. The molecule has 2 atom stereocenters. The zero-order valence-electron chi connectivity index (χ0n) is 9.35. The van der Waals surface area contributed by atoms with Gasteiger partial charge in [0, 0.05) is 6.04 Å². The number of hydrogen-bond acceptors (Lipinski definition) is 3. The van der Waals surface area contributed by atoms with Crippen molar-refractivity contribution in [2.75, 3.05) is 0 Å². The smallest absolute Gasteiger partial charge is 0.320 e. The van der Waals surface area contributed by atoms with E-state index in [4.69, 9.17) is 5.11 Å². The molecule has 0 saturated heterocycles. The minimum Gasteiger partial charge on any atom is -0.480 e. The molecule has 1 aliphatic rings. The molecule has 2 rings (SSSR count). The van der Waals surface area contributed by atoms with Crippen LogP contribution in [0.25, 0.3) is 0 Å². The Bertz CT molecular complexity index is 346. The molecule has 0 aliphatic heterocycles. The molecule has 16 heavy (non-hydrogen) atoms. The zero-order valence-corrected chi connectivity index (χ0v) is 10.2. The maximum atomic E-state index is 11.1. The van der Waals surface area contributed by atoms with E-state index in [-0.39, 0.29) is 12.1 Å². The summed E-state index contributed by atoms with van der Waals surface area (Å²) in [5, 5.41) is 16.5. The highest BCUT2D eigenvalue weighted by atomic mass is 32.1. The van der Waals surface area contributed by atoms with Crippen molar-refractivity contribution in [2.45, 2.75) is 38.3 Å². The van der Waals surface area contributed by atoms with Crippen LogP contribution in [0.1, 0.15) is 25.3 Å². The van der Waals surface area contributed by atoms with Crippen LogP contribution in [-0.4, -0.2) is 23.2 Å². The molecule has 1 saturated carbocycles. The number of carbonyl (C=O) groups is 1. The third kappa shape index (κ3) is 3.06. The molecule has 0 aromatic carbocycles. The second-order valence-corrected chi connectivity index (χ2v) is 5.34. The first-order valence-corrected chi connectivity index (χ1v) is 6.61. The minimum absolute atomic E-state index is 0.219. The normalized spacial score (nSPS) is 19.3. The Hall–Kier alpha value is -0.870. The highest BCUT2D eigenvalue weighted by Crippen LogP contribution is 2.33. The van der Waals surface area contributed by atoms with Crippen molar-refractivity contribution in [1.29, 1.82) is 0 Å². The molecule has 1 aromatic rings. The standard InChI is InChI=1S/C12H17NO2S/c1-8(6-9-4-5-16-7-9)13-11(12(14)15)10-2-3-10/h4-5,7-8,10-11,13H,2-3,6H2,1H3,(H,14,15). The van der Waals surface area contributed by atoms with E-state index < -0.39 is 5.97 Å². The van der Waals surface area contributed by atoms with E-state index >= 15 is 0 Å². The van der Waals surface area contributed by atoms with Crippen LogP contribution in [0.5, 0.6) is 0 Å². The number of thiophene rings is 1. The molecule has 0 amide bonds. The van der Waals surface area contributed by atoms with Gasteiger partial charge in [0.1, 0.15) is 6.04 Å². The van der Waals surface area contributed by atoms with E-state index in [9.17, 15) is 4.79 Å². The Balaban J connectivity index is 1.85. The third-order valence-electron chi connectivity index (χ3n) is 2.95. The van der Waals surface area contributed by atoms with Gasteiger partial charge in [-0.15, -0.1) is 0 Å². The van der Waals surface area contributed by atoms with Crippen molar-refractivity contribution in [3.63, 3.8) is 0 Å². The van der Waals surface area contributed by atoms with Crippen molar-refractivity contribution in [1.82, 2.24) is 5.32 Å². The average Bonchev–Trinajstić information content (AvgIpc) is 2.94. The maximum absolute atomic E-state index is 11.1. The van der Waals surface area contributed by atoms with Gasteiger partial charge in [-0.25, -0.2) is 0 Å². The quantitative estimate of drug-likeness (QED) is 0.799. The van der Waals surface area contributed by atoms with E-state index in [1.165, 1.54) is 5.56 Å². The van der Waals surface area contributed by atoms with Crippen LogP contribution < -0.4 is 5.32 Å². The SMILES string of the molecule is CC(Cc1ccsc1)NC(C(=O)O)C1CC1. The lowest BCUT2D eigenvalue weighted by molar-refractivity contribution is -0.140. The minimum atomic E-state index is -0.709. The van der Waals surface area contributed by atoms with Crippen molar-refractivity contribution >= 4 is 17.3 Å². The molecule has 1 heterocycles. The fourth-order valence-corrected chi connectivity index (χ4v) is 2.65. The summed E-state index contributed by atoms with van der Waals surface area (Å²) in [7, 11) is 0. The van der Waals surface area contributed by atoms with Crippen LogP contribution in [-0.2, 0) is 11.2 Å². The van der Waals surface area contributed by atoms with Gasteiger partial charge in [0.15, 0.2) is 0 Å². The molecular weight excluding hydrogens is 222 g/mol. The highest BCUT2D eigenvalue weighted by Gasteiger charge is 2.36. The van der Waals surface area contributed by atoms with Gasteiger partial charge in [0.05, 0.1) is 0 Å². The molecule has 1 aliphatic carbocycles. The molecule has 0 bridgehead atoms. The van der Waals surface area contributed by atoms with Gasteiger partial charge < -0.3 is 10.4 Å². The van der Waals surface area contributed by atoms with Crippen LogP contribution in [0.4, 0.5) is 0 Å². The third-order valence-corrected chi connectivity index (χ3v) is 3.68. The fraction of sp³-hybridized carbons (Fsp3) is 0.583. The first-order valence-electron chi connectivity index (χ1n) is 5.66.